The zero-order chi connectivity index (χ0) is 25.0. The van der Waals surface area contributed by atoms with E-state index in [0.717, 1.165) is 0 Å². The molecule has 0 bridgehead atoms. The van der Waals surface area contributed by atoms with Gasteiger partial charge in [-0.25, -0.2) is 0 Å². The molecule has 0 unspecified atom stereocenters. The number of allylic oxidation sites excluding steroid dienone is 1. The quantitative estimate of drug-likeness (QED) is 0.231. The number of thiophene rings is 1. The molecular weight excluding hydrogens is 485 g/mol. The number of fused-ring (bicyclic) bond motifs is 3. The van der Waals surface area contributed by atoms with E-state index in [-0.39, 0.29) is 5.41 Å². The lowest BCUT2D eigenvalue weighted by Gasteiger charge is -2.23. The van der Waals surface area contributed by atoms with Gasteiger partial charge in [0.1, 0.15) is 0 Å². The first kappa shape index (κ1) is 22.8. The van der Waals surface area contributed by atoms with Crippen LogP contribution in [0.3, 0.4) is 0 Å². The van der Waals surface area contributed by atoms with Gasteiger partial charge in [-0.3, -0.25) is 0 Å². The lowest BCUT2D eigenvalue weighted by molar-refractivity contribution is 0.661. The Kier molecular flexibility index (Phi) is 5.49. The normalized spacial score (nSPS) is 15.4. The van der Waals surface area contributed by atoms with Crippen molar-refractivity contribution in [2.45, 2.75) is 25.7 Å². The zero-order valence-electron chi connectivity index (χ0n) is 21.1. The summed E-state index contributed by atoms with van der Waals surface area (Å²) in [4.78, 5) is 2.74. The summed E-state index contributed by atoms with van der Waals surface area (Å²) in [7, 11) is 0. The predicted octanol–water partition coefficient (Wildman–Crippen LogP) is 10.5. The molecule has 1 aliphatic heterocycles. The van der Waals surface area contributed by atoms with Gasteiger partial charge in [-0.2, -0.15) is 0 Å². The smallest absolute Gasteiger partial charge is 0.0342 e. The van der Waals surface area contributed by atoms with Gasteiger partial charge < -0.3 is 0 Å². The minimum absolute atomic E-state index is 0.0521. The molecule has 180 valence electrons. The van der Waals surface area contributed by atoms with Crippen LogP contribution in [-0.2, 0) is 5.41 Å². The van der Waals surface area contributed by atoms with Gasteiger partial charge in [0.25, 0.3) is 0 Å². The molecule has 37 heavy (non-hydrogen) atoms. The van der Waals surface area contributed by atoms with E-state index in [4.69, 9.17) is 0 Å². The highest BCUT2D eigenvalue weighted by molar-refractivity contribution is 8.08. The molecule has 5 aromatic rings. The summed E-state index contributed by atoms with van der Waals surface area (Å²) in [6.07, 6.45) is 3.55. The van der Waals surface area contributed by atoms with E-state index < -0.39 is 0 Å². The Bertz CT molecular complexity index is 1670. The van der Waals surface area contributed by atoms with Crippen LogP contribution in [0.5, 0.6) is 0 Å². The second kappa shape index (κ2) is 8.90. The minimum atomic E-state index is -0.0521. The first-order valence-corrected chi connectivity index (χ1v) is 14.8. The first-order valence-electron chi connectivity index (χ1n) is 13.0. The lowest BCUT2D eigenvalue weighted by atomic mass is 9.80. The number of thioether (sulfide) groups is 1. The third kappa shape index (κ3) is 3.91. The van der Waals surface area contributed by atoms with Crippen LogP contribution < -0.4 is 0 Å². The van der Waals surface area contributed by atoms with Crippen molar-refractivity contribution in [3.63, 3.8) is 0 Å². The largest absolute Gasteiger partial charge is 0.144 e. The average molecular weight is 513 g/mol. The maximum atomic E-state index is 2.43. The molecule has 2 heteroatoms. The summed E-state index contributed by atoms with van der Waals surface area (Å²) in [5.74, 6) is 1.20. The van der Waals surface area contributed by atoms with Gasteiger partial charge in [0.2, 0.25) is 0 Å². The molecule has 4 aromatic carbocycles. The van der Waals surface area contributed by atoms with E-state index in [0.29, 0.717) is 0 Å². The molecule has 1 aliphatic carbocycles. The van der Waals surface area contributed by atoms with Crippen LogP contribution in [0, 0.1) is 0 Å². The molecule has 0 saturated carbocycles. The Morgan fingerprint density at radius 1 is 0.595 bits per heavy atom. The van der Waals surface area contributed by atoms with Gasteiger partial charge in [-0.1, -0.05) is 86.7 Å². The van der Waals surface area contributed by atoms with E-state index in [1.165, 1.54) is 77.6 Å². The van der Waals surface area contributed by atoms with E-state index >= 15 is 0 Å². The van der Waals surface area contributed by atoms with E-state index in [2.05, 4.69) is 122 Å². The molecule has 0 fully saturated rings. The second-order valence-electron chi connectivity index (χ2n) is 10.5. The van der Waals surface area contributed by atoms with Gasteiger partial charge in [0.05, 0.1) is 0 Å². The van der Waals surface area contributed by atoms with Crippen molar-refractivity contribution in [1.82, 2.24) is 0 Å². The molecule has 0 N–H and O–H groups in total. The third-order valence-electron chi connectivity index (χ3n) is 7.86. The Balaban J connectivity index is 1.27. The summed E-state index contributed by atoms with van der Waals surface area (Å²) in [6.45, 7) is 4.76. The van der Waals surface area contributed by atoms with Gasteiger partial charge in [-0.15, -0.1) is 23.1 Å². The van der Waals surface area contributed by atoms with Crippen molar-refractivity contribution in [2.75, 3.05) is 5.75 Å². The number of benzene rings is 4. The van der Waals surface area contributed by atoms with Gasteiger partial charge >= 0.3 is 0 Å². The van der Waals surface area contributed by atoms with Crippen molar-refractivity contribution in [3.05, 3.63) is 125 Å². The number of rotatable bonds is 4. The van der Waals surface area contributed by atoms with Crippen molar-refractivity contribution in [1.29, 1.82) is 0 Å². The van der Waals surface area contributed by atoms with Crippen molar-refractivity contribution in [3.8, 4) is 43.8 Å². The maximum Gasteiger partial charge on any atom is 0.0342 e. The van der Waals surface area contributed by atoms with Crippen molar-refractivity contribution >= 4 is 28.0 Å². The average Bonchev–Trinajstić information content (AvgIpc) is 3.71. The third-order valence-corrected chi connectivity index (χ3v) is 9.94. The Labute approximate surface area is 227 Å². The molecule has 2 heterocycles. The van der Waals surface area contributed by atoms with Crippen LogP contribution in [0.1, 0.15) is 37.0 Å². The summed E-state index contributed by atoms with van der Waals surface area (Å²) >= 11 is 3.77. The van der Waals surface area contributed by atoms with Gasteiger partial charge in [0, 0.05) is 21.0 Å². The van der Waals surface area contributed by atoms with Crippen LogP contribution in [0.25, 0.3) is 48.7 Å². The predicted molar refractivity (Wildman–Crippen MR) is 163 cm³/mol. The highest BCUT2D eigenvalue weighted by atomic mass is 32.2. The second-order valence-corrected chi connectivity index (χ2v) is 12.6. The van der Waals surface area contributed by atoms with Gasteiger partial charge in [0.15, 0.2) is 0 Å². The Morgan fingerprint density at radius 2 is 1.19 bits per heavy atom. The molecule has 2 aliphatic rings. The topological polar surface area (TPSA) is 0 Å². The summed E-state index contributed by atoms with van der Waals surface area (Å²) in [5.41, 5.74) is 13.3. The molecule has 0 amide bonds. The molecule has 1 aromatic heterocycles. The molecule has 0 nitrogen and oxygen atoms in total. The monoisotopic (exact) mass is 512 g/mol. The number of hydrogen-bond acceptors (Lipinski definition) is 2. The van der Waals surface area contributed by atoms with Crippen molar-refractivity contribution in [2.24, 2.45) is 0 Å². The maximum absolute atomic E-state index is 2.43. The van der Waals surface area contributed by atoms with Crippen molar-refractivity contribution < 1.29 is 0 Å². The molecule has 0 saturated heterocycles. The minimum Gasteiger partial charge on any atom is -0.144 e. The van der Waals surface area contributed by atoms with Crippen LogP contribution in [-0.4, -0.2) is 5.75 Å². The van der Waals surface area contributed by atoms with Crippen LogP contribution in [0.4, 0.5) is 0 Å². The van der Waals surface area contributed by atoms with E-state index in [9.17, 15) is 0 Å². The summed E-state index contributed by atoms with van der Waals surface area (Å²) < 4.78 is 0. The number of hydrogen-bond donors (Lipinski definition) is 0. The SMILES string of the molecule is CC1(C)c2cc(-c3cccc(C4=CCCS4)c3)ccc2-c2ccc(-c3cccc(-c4cccs4)c3)cc21. The Morgan fingerprint density at radius 3 is 1.78 bits per heavy atom. The Hall–Kier alpha value is -3.33. The molecule has 0 spiro atoms. The summed E-state index contributed by atoms with van der Waals surface area (Å²) in [5, 5.41) is 2.15. The fourth-order valence-electron chi connectivity index (χ4n) is 5.86. The van der Waals surface area contributed by atoms with Gasteiger partial charge in [-0.05, 0) is 97.8 Å². The standard InChI is InChI=1S/C35H28S2/c1-35(2)31-21-25(23-7-3-9-27(19-23)33-11-5-17-36-33)13-15-29(31)30-16-14-26(22-32(30)35)24-8-4-10-28(20-24)34-12-6-18-37-34/h3-5,7-17,19-22H,6,18H2,1-2H3. The highest BCUT2D eigenvalue weighted by Crippen LogP contribution is 2.51. The van der Waals surface area contributed by atoms with Crippen LogP contribution in [0.15, 0.2) is 109 Å². The fourth-order valence-corrected chi connectivity index (χ4v) is 7.57. The molecule has 0 atom stereocenters. The highest BCUT2D eigenvalue weighted by Gasteiger charge is 2.35. The molecule has 7 rings (SSSR count). The van der Waals surface area contributed by atoms with E-state index in [1.807, 2.05) is 11.8 Å². The first-order chi connectivity index (χ1) is 18.1. The lowest BCUT2D eigenvalue weighted by Crippen LogP contribution is -2.15. The van der Waals surface area contributed by atoms with Crippen LogP contribution in [0.2, 0.25) is 0 Å². The van der Waals surface area contributed by atoms with Crippen LogP contribution >= 0.6 is 23.1 Å². The fraction of sp³-hybridized carbons (Fsp3) is 0.143. The summed E-state index contributed by atoms with van der Waals surface area (Å²) in [6, 6.07) is 36.4. The molecule has 0 radical (unpaired) electrons. The molecular formula is C35H28S2. The van der Waals surface area contributed by atoms with E-state index in [1.54, 1.807) is 11.3 Å². The zero-order valence-corrected chi connectivity index (χ0v) is 22.8.